The van der Waals surface area contributed by atoms with Gasteiger partial charge in [-0.2, -0.15) is 0 Å². The molecule has 0 amide bonds. The Morgan fingerprint density at radius 3 is 2.81 bits per heavy atom. The lowest BCUT2D eigenvalue weighted by atomic mass is 9.78. The number of carbonyl (C=O) groups is 2. The number of fused-ring (bicyclic) bond motifs is 4. The summed E-state index contributed by atoms with van der Waals surface area (Å²) < 4.78 is 17.2. The van der Waals surface area contributed by atoms with E-state index in [1.54, 1.807) is 0 Å². The monoisotopic (exact) mass is 376 g/mol. The van der Waals surface area contributed by atoms with Gasteiger partial charge in [0.2, 0.25) is 0 Å². The van der Waals surface area contributed by atoms with Crippen molar-refractivity contribution in [3.8, 4) is 0 Å². The van der Waals surface area contributed by atoms with E-state index in [1.807, 2.05) is 6.92 Å². The van der Waals surface area contributed by atoms with Crippen LogP contribution in [0.25, 0.3) is 0 Å². The highest BCUT2D eigenvalue weighted by molar-refractivity contribution is 5.92. The van der Waals surface area contributed by atoms with Crippen molar-refractivity contribution in [1.82, 2.24) is 0 Å². The number of hydrogen-bond acceptors (Lipinski definition) is 7. The largest absolute Gasteiger partial charge is 0.458 e. The van der Waals surface area contributed by atoms with Gasteiger partial charge in [-0.15, -0.1) is 0 Å². The standard InChI is InChI=1S/C20H24O7/c1-10-3-4-13-15(10)17-16(11(2)18(23)27-17)14(7-20(13)9-25-20)26-19(24)12(8-22)5-6-21/h3,5,13-17,21-22H,2,4,6-9H2,1H3/b12-5-/t13-,14+,15+,16+,17+,20+/m0/s1. The summed E-state index contributed by atoms with van der Waals surface area (Å²) in [5.41, 5.74) is 1.07. The van der Waals surface area contributed by atoms with Crippen LogP contribution in [-0.4, -0.2) is 59.8 Å². The average molecular weight is 376 g/mol. The first kappa shape index (κ1) is 18.4. The molecule has 0 aromatic rings. The third kappa shape index (κ3) is 2.85. The molecule has 7 heteroatoms. The van der Waals surface area contributed by atoms with Crippen molar-refractivity contribution in [3.05, 3.63) is 35.5 Å². The zero-order chi connectivity index (χ0) is 19.3. The predicted molar refractivity (Wildman–Crippen MR) is 93.3 cm³/mol. The van der Waals surface area contributed by atoms with Gasteiger partial charge in [0.05, 0.1) is 36.9 Å². The normalized spacial score (nSPS) is 40.2. The number of hydrogen-bond donors (Lipinski definition) is 2. The van der Waals surface area contributed by atoms with Gasteiger partial charge < -0.3 is 24.4 Å². The molecule has 2 aliphatic heterocycles. The smallest absolute Gasteiger partial charge is 0.336 e. The van der Waals surface area contributed by atoms with Crippen LogP contribution in [0.15, 0.2) is 35.5 Å². The predicted octanol–water partition coefficient (Wildman–Crippen LogP) is 0.662. The van der Waals surface area contributed by atoms with Crippen molar-refractivity contribution >= 4 is 11.9 Å². The first-order valence-electron chi connectivity index (χ1n) is 9.24. The number of rotatable bonds is 4. The molecule has 6 atom stereocenters. The van der Waals surface area contributed by atoms with Crippen LogP contribution in [-0.2, 0) is 23.8 Å². The minimum absolute atomic E-state index is 0.0174. The second-order valence-electron chi connectivity index (χ2n) is 7.81. The van der Waals surface area contributed by atoms with Gasteiger partial charge in [0.25, 0.3) is 0 Å². The van der Waals surface area contributed by atoms with Gasteiger partial charge in [0.1, 0.15) is 12.2 Å². The lowest BCUT2D eigenvalue weighted by molar-refractivity contribution is -0.149. The van der Waals surface area contributed by atoms with Gasteiger partial charge >= 0.3 is 11.9 Å². The molecule has 2 aliphatic carbocycles. The molecule has 146 valence electrons. The van der Waals surface area contributed by atoms with Crippen molar-refractivity contribution < 1.29 is 34.0 Å². The van der Waals surface area contributed by atoms with Crippen molar-refractivity contribution in [2.24, 2.45) is 17.8 Å². The molecule has 27 heavy (non-hydrogen) atoms. The third-order valence-electron chi connectivity index (χ3n) is 6.44. The van der Waals surface area contributed by atoms with E-state index in [2.05, 4.69) is 12.7 Å². The van der Waals surface area contributed by atoms with E-state index >= 15 is 0 Å². The Kier molecular flexibility index (Phi) is 4.49. The summed E-state index contributed by atoms with van der Waals surface area (Å²) in [4.78, 5) is 24.7. The van der Waals surface area contributed by atoms with E-state index in [9.17, 15) is 14.7 Å². The topological polar surface area (TPSA) is 106 Å². The summed E-state index contributed by atoms with van der Waals surface area (Å²) >= 11 is 0. The van der Waals surface area contributed by atoms with Gasteiger partial charge in [0, 0.05) is 23.8 Å². The fraction of sp³-hybridized carbons (Fsp3) is 0.600. The van der Waals surface area contributed by atoms with Crippen LogP contribution in [0.4, 0.5) is 0 Å². The first-order valence-corrected chi connectivity index (χ1v) is 9.24. The molecule has 1 saturated carbocycles. The SMILES string of the molecule is C=C1C(=O)O[C@H]2[C@H]1[C@H](OC(=O)/C(=C\CO)CO)C[C@@]1(CO1)[C@H]1CC=C(C)[C@@H]21. The van der Waals surface area contributed by atoms with Gasteiger partial charge in [-0.05, 0) is 19.4 Å². The second-order valence-corrected chi connectivity index (χ2v) is 7.81. The van der Waals surface area contributed by atoms with E-state index in [4.69, 9.17) is 19.3 Å². The van der Waals surface area contributed by atoms with Crippen molar-refractivity contribution in [2.45, 2.75) is 37.6 Å². The van der Waals surface area contributed by atoms with Crippen molar-refractivity contribution in [1.29, 1.82) is 0 Å². The Morgan fingerprint density at radius 1 is 1.44 bits per heavy atom. The van der Waals surface area contributed by atoms with Gasteiger partial charge in [-0.1, -0.05) is 18.2 Å². The van der Waals surface area contributed by atoms with Gasteiger partial charge in [0.15, 0.2) is 0 Å². The van der Waals surface area contributed by atoms with Gasteiger partial charge in [-0.25, -0.2) is 9.59 Å². The molecule has 4 aliphatic rings. The highest BCUT2D eigenvalue weighted by atomic mass is 16.6. The number of carbonyl (C=O) groups excluding carboxylic acids is 2. The maximum Gasteiger partial charge on any atom is 0.336 e. The van der Waals surface area contributed by atoms with E-state index < -0.39 is 36.7 Å². The van der Waals surface area contributed by atoms with Crippen molar-refractivity contribution in [3.63, 3.8) is 0 Å². The fourth-order valence-corrected chi connectivity index (χ4v) is 4.98. The van der Waals surface area contributed by atoms with E-state index in [-0.39, 0.29) is 29.6 Å². The molecule has 0 aromatic heterocycles. The number of aliphatic hydroxyl groups is 2. The molecule has 2 saturated heterocycles. The number of allylic oxidation sites excluding steroid dienone is 1. The Hall–Kier alpha value is -1.96. The third-order valence-corrected chi connectivity index (χ3v) is 6.44. The van der Waals surface area contributed by atoms with Crippen LogP contribution in [0.3, 0.4) is 0 Å². The molecule has 7 nitrogen and oxygen atoms in total. The summed E-state index contributed by atoms with van der Waals surface area (Å²) in [6.07, 6.45) is 3.61. The Morgan fingerprint density at radius 2 is 2.19 bits per heavy atom. The molecule has 2 N–H and O–H groups in total. The molecular formula is C20H24O7. The van der Waals surface area contributed by atoms with Crippen LogP contribution in [0.1, 0.15) is 19.8 Å². The molecule has 0 unspecified atom stereocenters. The van der Waals surface area contributed by atoms with E-state index in [0.29, 0.717) is 18.6 Å². The van der Waals surface area contributed by atoms with Crippen LogP contribution in [0, 0.1) is 17.8 Å². The average Bonchev–Trinajstić information content (AvgIpc) is 3.24. The highest BCUT2D eigenvalue weighted by Crippen LogP contribution is 2.58. The zero-order valence-corrected chi connectivity index (χ0v) is 15.2. The van der Waals surface area contributed by atoms with Crippen molar-refractivity contribution in [2.75, 3.05) is 19.8 Å². The molecule has 0 radical (unpaired) electrons. The highest BCUT2D eigenvalue weighted by Gasteiger charge is 2.65. The van der Waals surface area contributed by atoms with Crippen LogP contribution < -0.4 is 0 Å². The molecule has 0 bridgehead atoms. The Balaban J connectivity index is 1.68. The Bertz CT molecular complexity index is 745. The number of aliphatic hydroxyl groups excluding tert-OH is 2. The van der Waals surface area contributed by atoms with E-state index in [0.717, 1.165) is 12.0 Å². The number of esters is 2. The van der Waals surface area contributed by atoms with Crippen LogP contribution in [0.5, 0.6) is 0 Å². The maximum atomic E-state index is 12.5. The zero-order valence-electron chi connectivity index (χ0n) is 15.2. The minimum Gasteiger partial charge on any atom is -0.458 e. The quantitative estimate of drug-likeness (QED) is 0.321. The number of epoxide rings is 1. The lowest BCUT2D eigenvalue weighted by Crippen LogP contribution is -2.36. The molecule has 0 aromatic carbocycles. The lowest BCUT2D eigenvalue weighted by Gasteiger charge is -2.29. The van der Waals surface area contributed by atoms with Crippen LogP contribution >= 0.6 is 0 Å². The molecular weight excluding hydrogens is 352 g/mol. The second kappa shape index (κ2) is 6.58. The fourth-order valence-electron chi connectivity index (χ4n) is 4.98. The summed E-state index contributed by atoms with van der Waals surface area (Å²) in [6, 6.07) is 0. The van der Waals surface area contributed by atoms with Gasteiger partial charge in [-0.3, -0.25) is 0 Å². The molecule has 2 heterocycles. The molecule has 3 fully saturated rings. The first-order chi connectivity index (χ1) is 12.9. The summed E-state index contributed by atoms with van der Waals surface area (Å²) in [6.45, 7) is 5.60. The summed E-state index contributed by atoms with van der Waals surface area (Å²) in [5, 5.41) is 18.4. The Labute approximate surface area is 157 Å². The maximum absolute atomic E-state index is 12.5. The molecule has 4 rings (SSSR count). The van der Waals surface area contributed by atoms with Crippen LogP contribution in [0.2, 0.25) is 0 Å². The van der Waals surface area contributed by atoms with E-state index in [1.165, 1.54) is 6.08 Å². The number of ether oxygens (including phenoxy) is 3. The minimum atomic E-state index is -0.711. The summed E-state index contributed by atoms with van der Waals surface area (Å²) in [5.74, 6) is -1.41. The summed E-state index contributed by atoms with van der Waals surface area (Å²) in [7, 11) is 0. The molecule has 1 spiro atoms.